The quantitative estimate of drug-likeness (QED) is 0.598. The van der Waals surface area contributed by atoms with Gasteiger partial charge in [0.15, 0.2) is 0 Å². The zero-order chi connectivity index (χ0) is 23.7. The summed E-state index contributed by atoms with van der Waals surface area (Å²) in [6, 6.07) is 15.5. The first-order valence-electron chi connectivity index (χ1n) is 11.0. The predicted octanol–water partition coefficient (Wildman–Crippen LogP) is 3.91. The second-order valence-electron chi connectivity index (χ2n) is 8.17. The Morgan fingerprint density at radius 1 is 0.529 bits per heavy atom. The van der Waals surface area contributed by atoms with Gasteiger partial charge in [0.25, 0.3) is 11.8 Å². The standard InChI is InChI=1S/C26H24N6O2/c1-19-15-25(33)31(23-7-11-27-12-8-23)17-29(19)21-3-5-22(6-4-21)30-18-32(26(34)16-20(30)2)24-9-13-28-14-10-24/h3-16H,17-18H2,1-2H3. The van der Waals surface area contributed by atoms with Crippen molar-refractivity contribution in [3.63, 3.8) is 0 Å². The highest BCUT2D eigenvalue weighted by Crippen LogP contribution is 2.30. The Bertz CT molecular complexity index is 1170. The van der Waals surface area contributed by atoms with Crippen molar-refractivity contribution >= 4 is 34.6 Å². The Kier molecular flexibility index (Phi) is 5.55. The number of carbonyl (C=O) groups is 2. The molecule has 0 bridgehead atoms. The SMILES string of the molecule is CC1=CC(=O)N(c2ccncc2)CN1c1ccc(N2CN(c3ccncc3)C(=O)C=C2C)cc1. The molecule has 1 aromatic carbocycles. The second-order valence-corrected chi connectivity index (χ2v) is 8.17. The van der Waals surface area contributed by atoms with Gasteiger partial charge in [0.1, 0.15) is 13.3 Å². The summed E-state index contributed by atoms with van der Waals surface area (Å²) in [6.45, 7) is 4.70. The third-order valence-corrected chi connectivity index (χ3v) is 6.04. The van der Waals surface area contributed by atoms with Crippen LogP contribution in [0.2, 0.25) is 0 Å². The van der Waals surface area contributed by atoms with Crippen molar-refractivity contribution in [2.75, 3.05) is 32.9 Å². The van der Waals surface area contributed by atoms with Crippen LogP contribution in [0, 0.1) is 0 Å². The molecule has 8 heteroatoms. The molecule has 0 N–H and O–H groups in total. The topological polar surface area (TPSA) is 72.9 Å². The van der Waals surface area contributed by atoms with Crippen LogP contribution in [0.4, 0.5) is 22.7 Å². The smallest absolute Gasteiger partial charge is 0.254 e. The minimum atomic E-state index is -0.0495. The first-order chi connectivity index (χ1) is 16.5. The molecule has 8 nitrogen and oxygen atoms in total. The van der Waals surface area contributed by atoms with E-state index in [9.17, 15) is 9.59 Å². The highest BCUT2D eigenvalue weighted by molar-refractivity contribution is 6.04. The molecule has 0 radical (unpaired) electrons. The minimum Gasteiger partial charge on any atom is -0.327 e. The maximum Gasteiger partial charge on any atom is 0.254 e. The summed E-state index contributed by atoms with van der Waals surface area (Å²) >= 11 is 0. The van der Waals surface area contributed by atoms with Gasteiger partial charge in [-0.1, -0.05) is 0 Å². The molecule has 0 fully saturated rings. The first kappa shape index (κ1) is 21.4. The lowest BCUT2D eigenvalue weighted by Gasteiger charge is -2.37. The van der Waals surface area contributed by atoms with Crippen LogP contribution in [0.1, 0.15) is 13.8 Å². The molecule has 3 aromatic rings. The molecular weight excluding hydrogens is 428 g/mol. The van der Waals surface area contributed by atoms with E-state index in [1.165, 1.54) is 0 Å². The van der Waals surface area contributed by atoms with Crippen molar-refractivity contribution in [2.45, 2.75) is 13.8 Å². The molecule has 2 aliphatic heterocycles. The molecule has 2 aromatic heterocycles. The van der Waals surface area contributed by atoms with E-state index in [0.29, 0.717) is 13.3 Å². The molecule has 0 atom stereocenters. The summed E-state index contributed by atoms with van der Waals surface area (Å²) in [4.78, 5) is 40.9. The van der Waals surface area contributed by atoms with Gasteiger partial charge in [-0.15, -0.1) is 0 Å². The fraction of sp³-hybridized carbons (Fsp3) is 0.154. The number of nitrogens with zero attached hydrogens (tertiary/aromatic N) is 6. The van der Waals surface area contributed by atoms with Crippen LogP contribution >= 0.6 is 0 Å². The van der Waals surface area contributed by atoms with Crippen LogP contribution in [-0.2, 0) is 9.59 Å². The Labute approximate surface area is 198 Å². The van der Waals surface area contributed by atoms with Crippen LogP contribution in [0.3, 0.4) is 0 Å². The molecule has 0 unspecified atom stereocenters. The second kappa shape index (κ2) is 8.82. The molecule has 34 heavy (non-hydrogen) atoms. The maximum absolute atomic E-state index is 12.6. The van der Waals surface area contributed by atoms with Gasteiger partial charge in [-0.3, -0.25) is 29.4 Å². The van der Waals surface area contributed by atoms with Crippen LogP contribution in [-0.4, -0.2) is 35.1 Å². The Balaban J connectivity index is 1.39. The molecule has 2 aliphatic rings. The van der Waals surface area contributed by atoms with E-state index in [0.717, 1.165) is 34.1 Å². The highest BCUT2D eigenvalue weighted by atomic mass is 16.2. The van der Waals surface area contributed by atoms with Gasteiger partial charge in [-0.05, 0) is 62.4 Å². The summed E-state index contributed by atoms with van der Waals surface area (Å²) in [5.41, 5.74) is 5.33. The summed E-state index contributed by atoms with van der Waals surface area (Å²) in [5.74, 6) is -0.0990. The zero-order valence-electron chi connectivity index (χ0n) is 19.0. The third kappa shape index (κ3) is 4.01. The summed E-state index contributed by atoms with van der Waals surface area (Å²) in [7, 11) is 0. The molecule has 170 valence electrons. The Hall–Kier alpha value is -4.46. The van der Waals surface area contributed by atoms with Gasteiger partial charge in [0.2, 0.25) is 0 Å². The largest absolute Gasteiger partial charge is 0.327 e. The average Bonchev–Trinajstić information content (AvgIpc) is 2.86. The molecule has 0 aliphatic carbocycles. The van der Waals surface area contributed by atoms with E-state index >= 15 is 0 Å². The number of rotatable bonds is 4. The predicted molar refractivity (Wildman–Crippen MR) is 132 cm³/mol. The summed E-state index contributed by atoms with van der Waals surface area (Å²) in [5, 5.41) is 0. The fourth-order valence-electron chi connectivity index (χ4n) is 4.16. The molecule has 5 rings (SSSR count). The van der Waals surface area contributed by atoms with Gasteiger partial charge >= 0.3 is 0 Å². The van der Waals surface area contributed by atoms with E-state index in [1.54, 1.807) is 46.7 Å². The third-order valence-electron chi connectivity index (χ3n) is 6.04. The van der Waals surface area contributed by atoms with Gasteiger partial charge in [0, 0.05) is 71.1 Å². The normalized spacial score (nSPS) is 16.5. The Morgan fingerprint density at radius 3 is 1.21 bits per heavy atom. The summed E-state index contributed by atoms with van der Waals surface area (Å²) < 4.78 is 0. The lowest BCUT2D eigenvalue weighted by Crippen LogP contribution is -2.45. The molecule has 0 saturated carbocycles. The highest BCUT2D eigenvalue weighted by Gasteiger charge is 2.27. The van der Waals surface area contributed by atoms with Crippen molar-refractivity contribution in [2.24, 2.45) is 0 Å². The van der Waals surface area contributed by atoms with Crippen LogP contribution in [0.15, 0.2) is 96.9 Å². The molecule has 2 amide bonds. The molecule has 0 spiro atoms. The summed E-state index contributed by atoms with van der Waals surface area (Å²) in [6.07, 6.45) is 10.0. The monoisotopic (exact) mass is 452 g/mol. The zero-order valence-corrected chi connectivity index (χ0v) is 19.0. The number of amides is 2. The number of anilines is 4. The van der Waals surface area contributed by atoms with Crippen molar-refractivity contribution < 1.29 is 9.59 Å². The number of benzene rings is 1. The maximum atomic E-state index is 12.6. The molecule has 0 saturated heterocycles. The van der Waals surface area contributed by atoms with Gasteiger partial charge in [0.05, 0.1) is 0 Å². The minimum absolute atomic E-state index is 0.0495. The number of hydrogen-bond acceptors (Lipinski definition) is 6. The number of allylic oxidation sites excluding steroid dienone is 2. The van der Waals surface area contributed by atoms with E-state index in [1.807, 2.05) is 62.4 Å². The fourth-order valence-corrected chi connectivity index (χ4v) is 4.16. The van der Waals surface area contributed by atoms with Crippen LogP contribution in [0.5, 0.6) is 0 Å². The van der Waals surface area contributed by atoms with Crippen molar-refractivity contribution in [1.82, 2.24) is 9.97 Å². The van der Waals surface area contributed by atoms with Crippen LogP contribution in [0.25, 0.3) is 0 Å². The molecular formula is C26H24N6O2. The lowest BCUT2D eigenvalue weighted by molar-refractivity contribution is -0.115. The number of hydrogen-bond donors (Lipinski definition) is 0. The number of pyridine rings is 2. The average molecular weight is 453 g/mol. The van der Waals surface area contributed by atoms with E-state index in [4.69, 9.17) is 0 Å². The van der Waals surface area contributed by atoms with Crippen molar-refractivity contribution in [1.29, 1.82) is 0 Å². The van der Waals surface area contributed by atoms with Crippen molar-refractivity contribution in [3.05, 3.63) is 96.9 Å². The first-order valence-corrected chi connectivity index (χ1v) is 11.0. The Morgan fingerprint density at radius 2 is 0.853 bits per heavy atom. The van der Waals surface area contributed by atoms with E-state index in [2.05, 4.69) is 19.8 Å². The number of carbonyl (C=O) groups excluding carboxylic acids is 2. The van der Waals surface area contributed by atoms with E-state index < -0.39 is 0 Å². The van der Waals surface area contributed by atoms with Crippen molar-refractivity contribution in [3.8, 4) is 0 Å². The van der Waals surface area contributed by atoms with Crippen LogP contribution < -0.4 is 19.6 Å². The van der Waals surface area contributed by atoms with Gasteiger partial charge < -0.3 is 9.80 Å². The van der Waals surface area contributed by atoms with Gasteiger partial charge in [-0.2, -0.15) is 0 Å². The lowest BCUT2D eigenvalue weighted by atomic mass is 10.1. The molecule has 4 heterocycles. The van der Waals surface area contributed by atoms with E-state index in [-0.39, 0.29) is 11.8 Å². The van der Waals surface area contributed by atoms with Gasteiger partial charge in [-0.25, -0.2) is 0 Å². The number of aromatic nitrogens is 2.